The lowest BCUT2D eigenvalue weighted by molar-refractivity contribution is -0.110. The Balaban J connectivity index is 1.56. The predicted molar refractivity (Wildman–Crippen MR) is 142 cm³/mol. The van der Waals surface area contributed by atoms with Crippen LogP contribution in [-0.2, 0) is 9.45 Å². The Labute approximate surface area is 223 Å². The molecule has 39 heavy (non-hydrogen) atoms. The summed E-state index contributed by atoms with van der Waals surface area (Å²) in [5.41, 5.74) is 1.27. The van der Waals surface area contributed by atoms with Gasteiger partial charge in [0.2, 0.25) is 0 Å². The van der Waals surface area contributed by atoms with E-state index >= 15 is 0 Å². The molecule has 0 saturated carbocycles. The van der Waals surface area contributed by atoms with Gasteiger partial charge in [-0.15, -0.1) is 0 Å². The zero-order valence-corrected chi connectivity index (χ0v) is 20.9. The van der Waals surface area contributed by atoms with Crippen molar-refractivity contribution in [2.45, 2.75) is 0 Å². The molecule has 11 heteroatoms. The molecule has 0 fully saturated rings. The third kappa shape index (κ3) is 6.72. The number of ether oxygens (including phenoxy) is 2. The molecule has 0 saturated heterocycles. The molecular formula is C28H23BO10. The normalized spacial score (nSPS) is 12.7. The molecule has 1 heterocycles. The number of methoxy groups -OCH3 is 2. The first-order chi connectivity index (χ1) is 18.7. The van der Waals surface area contributed by atoms with E-state index in [0.29, 0.717) is 11.1 Å². The zero-order chi connectivity index (χ0) is 27.9. The van der Waals surface area contributed by atoms with E-state index in [1.54, 1.807) is 36.4 Å². The summed E-state index contributed by atoms with van der Waals surface area (Å²) in [7, 11) is 1.56. The number of carbonyl (C=O) groups is 2. The van der Waals surface area contributed by atoms with Crippen LogP contribution in [0.15, 0.2) is 78.6 Å². The number of phenols is 2. The van der Waals surface area contributed by atoms with Crippen molar-refractivity contribution in [1.29, 1.82) is 0 Å². The SMILES string of the molecule is COc1cc(/C=C/C(=O)/C=C(\C=C\c2ccc(O)c(OC)c2)OB2Oc3ccc(C(=O)O)cc3O2)ccc1O. The van der Waals surface area contributed by atoms with E-state index in [4.69, 9.17) is 23.4 Å². The molecule has 0 bridgehead atoms. The Morgan fingerprint density at radius 2 is 1.38 bits per heavy atom. The standard InChI is InChI=1S/C28H23BO10/c1-35-25-13-17(5-10-22(25)31)3-8-20(30)16-21(9-4-18-6-11-23(32)26(14-18)36-2)37-29-38-24-12-7-19(28(33)34)15-27(24)39-29/h3-16,31-32H,1-2H3,(H,33,34)/b8-3+,9-4+,21-16+. The van der Waals surface area contributed by atoms with Gasteiger partial charge in [0.1, 0.15) is 17.3 Å². The van der Waals surface area contributed by atoms with Gasteiger partial charge in [-0.05, 0) is 65.7 Å². The lowest BCUT2D eigenvalue weighted by atomic mass is 10.1. The number of hydrogen-bond donors (Lipinski definition) is 3. The van der Waals surface area contributed by atoms with E-state index in [2.05, 4.69) is 0 Å². The Morgan fingerprint density at radius 1 is 0.795 bits per heavy atom. The number of aromatic hydroxyl groups is 2. The lowest BCUT2D eigenvalue weighted by Crippen LogP contribution is -2.28. The molecule has 3 N–H and O–H groups in total. The Kier molecular flexibility index (Phi) is 8.11. The van der Waals surface area contributed by atoms with Crippen LogP contribution < -0.4 is 18.8 Å². The molecule has 0 aliphatic carbocycles. The summed E-state index contributed by atoms with van der Waals surface area (Å²) in [4.78, 5) is 24.0. The highest BCUT2D eigenvalue weighted by Gasteiger charge is 2.38. The molecule has 4 rings (SSSR count). The van der Waals surface area contributed by atoms with Crippen LogP contribution in [-0.4, -0.2) is 48.6 Å². The average molecular weight is 530 g/mol. The van der Waals surface area contributed by atoms with E-state index in [1.165, 1.54) is 62.8 Å². The number of carboxylic acid groups (broad SMARTS) is 1. The van der Waals surface area contributed by atoms with Crippen LogP contribution in [0.25, 0.3) is 12.2 Å². The average Bonchev–Trinajstić information content (AvgIpc) is 3.33. The molecule has 10 nitrogen and oxygen atoms in total. The van der Waals surface area contributed by atoms with Crippen LogP contribution in [0.2, 0.25) is 0 Å². The second kappa shape index (κ2) is 11.8. The summed E-state index contributed by atoms with van der Waals surface area (Å²) in [6.45, 7) is 0. The summed E-state index contributed by atoms with van der Waals surface area (Å²) in [5.74, 6) is -0.563. The summed E-state index contributed by atoms with van der Waals surface area (Å²) in [5, 5.41) is 28.8. The molecule has 0 amide bonds. The first-order valence-corrected chi connectivity index (χ1v) is 11.5. The van der Waals surface area contributed by atoms with Gasteiger partial charge in [-0.2, -0.15) is 0 Å². The van der Waals surface area contributed by atoms with Gasteiger partial charge >= 0.3 is 13.3 Å². The van der Waals surface area contributed by atoms with Gasteiger partial charge in [0.15, 0.2) is 28.8 Å². The van der Waals surface area contributed by atoms with Crippen LogP contribution in [0, 0.1) is 0 Å². The van der Waals surface area contributed by atoms with Crippen molar-refractivity contribution < 1.29 is 48.3 Å². The quantitative estimate of drug-likeness (QED) is 0.149. The molecular weight excluding hydrogens is 507 g/mol. The van der Waals surface area contributed by atoms with Crippen molar-refractivity contribution in [3.8, 4) is 34.5 Å². The summed E-state index contributed by atoms with van der Waals surface area (Å²) in [6, 6.07) is 13.5. The van der Waals surface area contributed by atoms with Crippen molar-refractivity contribution in [3.05, 3.63) is 95.3 Å². The van der Waals surface area contributed by atoms with Gasteiger partial charge in [-0.1, -0.05) is 24.3 Å². The van der Waals surface area contributed by atoms with E-state index < -0.39 is 19.1 Å². The number of benzene rings is 3. The molecule has 0 aromatic heterocycles. The maximum Gasteiger partial charge on any atom is 0.864 e. The third-order valence-electron chi connectivity index (χ3n) is 5.44. The number of fused-ring (bicyclic) bond motifs is 1. The molecule has 3 aromatic rings. The van der Waals surface area contributed by atoms with Crippen LogP contribution in [0.4, 0.5) is 0 Å². The number of hydrogen-bond acceptors (Lipinski definition) is 9. The van der Waals surface area contributed by atoms with Crippen LogP contribution in [0.5, 0.6) is 34.5 Å². The highest BCUT2D eigenvalue weighted by Crippen LogP contribution is 2.35. The van der Waals surface area contributed by atoms with Crippen LogP contribution >= 0.6 is 0 Å². The minimum atomic E-state index is -1.28. The van der Waals surface area contributed by atoms with Crippen molar-refractivity contribution in [2.24, 2.45) is 0 Å². The molecule has 0 atom stereocenters. The molecule has 1 aliphatic rings. The lowest BCUT2D eigenvalue weighted by Gasteiger charge is -2.08. The highest BCUT2D eigenvalue weighted by atomic mass is 16.8. The van der Waals surface area contributed by atoms with Gasteiger partial charge in [-0.3, -0.25) is 4.79 Å². The van der Waals surface area contributed by atoms with Crippen molar-refractivity contribution in [1.82, 2.24) is 0 Å². The number of allylic oxidation sites excluding steroid dienone is 3. The van der Waals surface area contributed by atoms with Gasteiger partial charge < -0.3 is 38.8 Å². The number of ketones is 1. The van der Waals surface area contributed by atoms with Gasteiger partial charge in [0.25, 0.3) is 0 Å². The first-order valence-electron chi connectivity index (χ1n) is 11.5. The summed E-state index contributed by atoms with van der Waals surface area (Å²) < 4.78 is 27.1. The molecule has 0 radical (unpaired) electrons. The second-order valence-corrected chi connectivity index (χ2v) is 8.09. The Morgan fingerprint density at radius 3 is 1.97 bits per heavy atom. The number of phenolic OH excluding ortho intramolecular Hbond substituents is 2. The maximum atomic E-state index is 12.8. The summed E-state index contributed by atoms with van der Waals surface area (Å²) in [6.07, 6.45) is 7.18. The minimum Gasteiger partial charge on any atom is -0.504 e. The zero-order valence-electron chi connectivity index (χ0n) is 20.9. The van der Waals surface area contributed by atoms with Gasteiger partial charge in [-0.25, -0.2) is 4.79 Å². The molecule has 198 valence electrons. The highest BCUT2D eigenvalue weighted by molar-refractivity contribution is 6.40. The fraction of sp³-hybridized carbons (Fsp3) is 0.0714. The van der Waals surface area contributed by atoms with Crippen LogP contribution in [0.1, 0.15) is 21.5 Å². The van der Waals surface area contributed by atoms with Gasteiger partial charge in [0, 0.05) is 6.08 Å². The monoisotopic (exact) mass is 530 g/mol. The van der Waals surface area contributed by atoms with E-state index in [-0.39, 0.29) is 45.8 Å². The summed E-state index contributed by atoms with van der Waals surface area (Å²) >= 11 is 0. The predicted octanol–water partition coefficient (Wildman–Crippen LogP) is 4.47. The molecule has 3 aromatic carbocycles. The maximum absolute atomic E-state index is 12.8. The fourth-order valence-electron chi connectivity index (χ4n) is 3.48. The van der Waals surface area contributed by atoms with Crippen molar-refractivity contribution in [2.75, 3.05) is 14.2 Å². The number of aromatic carboxylic acids is 1. The number of carbonyl (C=O) groups excluding carboxylic acids is 1. The number of carboxylic acids is 1. The fourth-order valence-corrected chi connectivity index (χ4v) is 3.48. The third-order valence-corrected chi connectivity index (χ3v) is 5.44. The minimum absolute atomic E-state index is 0.0149. The molecule has 0 unspecified atom stereocenters. The molecule has 1 aliphatic heterocycles. The van der Waals surface area contributed by atoms with E-state index in [9.17, 15) is 24.9 Å². The first kappa shape index (κ1) is 26.7. The molecule has 0 spiro atoms. The Bertz CT molecular complexity index is 1490. The number of rotatable bonds is 10. The van der Waals surface area contributed by atoms with Crippen LogP contribution in [0.3, 0.4) is 0 Å². The smallest absolute Gasteiger partial charge is 0.504 e. The van der Waals surface area contributed by atoms with E-state index in [1.807, 2.05) is 0 Å². The topological polar surface area (TPSA) is 141 Å². The van der Waals surface area contributed by atoms with Crippen molar-refractivity contribution in [3.63, 3.8) is 0 Å². The Hall–Kier alpha value is -5.32. The second-order valence-electron chi connectivity index (χ2n) is 8.09. The van der Waals surface area contributed by atoms with E-state index in [0.717, 1.165) is 0 Å². The largest absolute Gasteiger partial charge is 0.864 e. The van der Waals surface area contributed by atoms with Gasteiger partial charge in [0.05, 0.1) is 19.8 Å². The van der Waals surface area contributed by atoms with Crippen molar-refractivity contribution >= 4 is 31.2 Å².